The van der Waals surface area contributed by atoms with Crippen molar-refractivity contribution in [1.29, 1.82) is 10.5 Å². The van der Waals surface area contributed by atoms with Crippen molar-refractivity contribution in [2.24, 2.45) is 0 Å². The van der Waals surface area contributed by atoms with Gasteiger partial charge in [0.05, 0.1) is 17.6 Å². The Morgan fingerprint density at radius 3 is 2.19 bits per heavy atom. The zero-order valence-electron chi connectivity index (χ0n) is 8.80. The van der Waals surface area contributed by atoms with Crippen LogP contribution in [0.15, 0.2) is 18.2 Å². The molecule has 0 aromatic heterocycles. The molecule has 0 saturated carbocycles. The number of nitrogens with zero attached hydrogens (tertiary/aromatic N) is 2. The molecule has 1 aromatic carbocycles. The third-order valence-corrected chi connectivity index (χ3v) is 2.48. The first-order chi connectivity index (χ1) is 7.51. The number of benzene rings is 1. The van der Waals surface area contributed by atoms with Crippen LogP contribution in [0.5, 0.6) is 0 Å². The van der Waals surface area contributed by atoms with E-state index >= 15 is 0 Å². The van der Waals surface area contributed by atoms with Crippen LogP contribution in [-0.4, -0.2) is 0 Å². The predicted molar refractivity (Wildman–Crippen MR) is 54.2 cm³/mol. The second-order valence-corrected chi connectivity index (χ2v) is 3.76. The summed E-state index contributed by atoms with van der Waals surface area (Å²) >= 11 is 0. The summed E-state index contributed by atoms with van der Waals surface area (Å²) in [6.45, 7) is 1.57. The molecule has 1 atom stereocenters. The van der Waals surface area contributed by atoms with E-state index in [1.165, 1.54) is 0 Å². The molecule has 82 valence electrons. The Labute approximate surface area is 92.7 Å². The molecule has 0 heterocycles. The van der Waals surface area contributed by atoms with E-state index in [0.29, 0.717) is 0 Å². The van der Waals surface area contributed by atoms with E-state index in [1.807, 2.05) is 12.1 Å². The van der Waals surface area contributed by atoms with Gasteiger partial charge in [0.1, 0.15) is 11.6 Å². The summed E-state index contributed by atoms with van der Waals surface area (Å²) in [5, 5.41) is 17.5. The van der Waals surface area contributed by atoms with Crippen molar-refractivity contribution in [1.82, 2.24) is 0 Å². The fraction of sp³-hybridized carbons (Fsp3) is 0.333. The van der Waals surface area contributed by atoms with Gasteiger partial charge in [0.2, 0.25) is 0 Å². The highest BCUT2D eigenvalue weighted by Crippen LogP contribution is 2.29. The van der Waals surface area contributed by atoms with Gasteiger partial charge in [0, 0.05) is 12.5 Å². The third kappa shape index (κ3) is 2.55. The van der Waals surface area contributed by atoms with Gasteiger partial charge in [-0.25, -0.2) is 8.78 Å². The third-order valence-electron chi connectivity index (χ3n) is 2.48. The Hall–Kier alpha value is -1.94. The molecule has 0 radical (unpaired) electrons. The molecule has 16 heavy (non-hydrogen) atoms. The van der Waals surface area contributed by atoms with Crippen molar-refractivity contribution in [3.8, 4) is 12.1 Å². The predicted octanol–water partition coefficient (Wildman–Crippen LogP) is 3.05. The average molecular weight is 220 g/mol. The summed E-state index contributed by atoms with van der Waals surface area (Å²) in [6, 6.07) is 6.93. The lowest BCUT2D eigenvalue weighted by Crippen LogP contribution is -2.19. The molecule has 0 spiro atoms. The zero-order chi connectivity index (χ0) is 12.2. The Morgan fingerprint density at radius 2 is 1.75 bits per heavy atom. The van der Waals surface area contributed by atoms with Crippen LogP contribution < -0.4 is 0 Å². The van der Waals surface area contributed by atoms with Crippen molar-refractivity contribution in [3.63, 3.8) is 0 Å². The van der Waals surface area contributed by atoms with Crippen LogP contribution >= 0.6 is 0 Å². The zero-order valence-corrected chi connectivity index (χ0v) is 8.80. The lowest BCUT2D eigenvalue weighted by atomic mass is 9.80. The molecule has 0 fully saturated rings. The fourth-order valence-electron chi connectivity index (χ4n) is 1.44. The fourth-order valence-corrected chi connectivity index (χ4v) is 1.44. The van der Waals surface area contributed by atoms with Gasteiger partial charge in [0.25, 0.3) is 0 Å². The summed E-state index contributed by atoms with van der Waals surface area (Å²) < 4.78 is 26.0. The minimum atomic E-state index is -1.03. The largest absolute Gasteiger partial charge is 0.207 e. The number of halogens is 2. The van der Waals surface area contributed by atoms with Gasteiger partial charge in [-0.15, -0.1) is 0 Å². The molecule has 0 aliphatic rings. The molecule has 0 N–H and O–H groups in total. The molecule has 0 saturated heterocycles. The second-order valence-electron chi connectivity index (χ2n) is 3.76. The van der Waals surface area contributed by atoms with Gasteiger partial charge >= 0.3 is 0 Å². The summed E-state index contributed by atoms with van der Waals surface area (Å²) in [5.41, 5.74) is -0.763. The molecule has 0 aliphatic carbocycles. The van der Waals surface area contributed by atoms with Crippen LogP contribution in [0.1, 0.15) is 25.3 Å². The molecule has 1 unspecified atom stereocenters. The number of hydrogen-bond donors (Lipinski definition) is 0. The standard InChI is InChI=1S/C12H10F2N2/c1-12(8-16,3-2-4-15)9-5-10(13)7-11(14)6-9/h5-7H,2-3H2,1H3. The molecule has 0 amide bonds. The van der Waals surface area contributed by atoms with Gasteiger partial charge in [-0.2, -0.15) is 10.5 Å². The number of rotatable bonds is 3. The molecular formula is C12H10F2N2. The Bertz CT molecular complexity index is 451. The maximum atomic E-state index is 13.0. The van der Waals surface area contributed by atoms with Gasteiger partial charge in [-0.05, 0) is 31.0 Å². The van der Waals surface area contributed by atoms with E-state index in [1.54, 1.807) is 6.92 Å². The number of nitriles is 2. The quantitative estimate of drug-likeness (QED) is 0.785. The summed E-state index contributed by atoms with van der Waals surface area (Å²) in [6.07, 6.45) is 0.422. The van der Waals surface area contributed by atoms with Crippen molar-refractivity contribution >= 4 is 0 Å². The van der Waals surface area contributed by atoms with Crippen molar-refractivity contribution in [2.45, 2.75) is 25.2 Å². The van der Waals surface area contributed by atoms with Crippen molar-refractivity contribution in [2.75, 3.05) is 0 Å². The highest BCUT2D eigenvalue weighted by atomic mass is 19.1. The van der Waals surface area contributed by atoms with Crippen LogP contribution in [0, 0.1) is 34.3 Å². The van der Waals surface area contributed by atoms with Gasteiger partial charge in [-0.3, -0.25) is 0 Å². The van der Waals surface area contributed by atoms with E-state index in [9.17, 15) is 8.78 Å². The van der Waals surface area contributed by atoms with E-state index in [4.69, 9.17) is 10.5 Å². The SMILES string of the molecule is CC(C#N)(CCC#N)c1cc(F)cc(F)c1. The second kappa shape index (κ2) is 4.72. The first kappa shape index (κ1) is 12.1. The minimum Gasteiger partial charge on any atom is -0.207 e. The first-order valence-corrected chi connectivity index (χ1v) is 4.76. The lowest BCUT2D eigenvalue weighted by molar-refractivity contribution is 0.534. The maximum absolute atomic E-state index is 13.0. The van der Waals surface area contributed by atoms with Crippen LogP contribution in [0.3, 0.4) is 0 Å². The molecule has 4 heteroatoms. The molecule has 0 aliphatic heterocycles. The molecule has 1 aromatic rings. The average Bonchev–Trinajstić information content (AvgIpc) is 2.24. The van der Waals surface area contributed by atoms with Crippen LogP contribution in [0.2, 0.25) is 0 Å². The molecular weight excluding hydrogens is 210 g/mol. The maximum Gasteiger partial charge on any atom is 0.126 e. The van der Waals surface area contributed by atoms with E-state index in [2.05, 4.69) is 0 Å². The van der Waals surface area contributed by atoms with E-state index in [0.717, 1.165) is 18.2 Å². The topological polar surface area (TPSA) is 47.6 Å². The molecule has 0 bridgehead atoms. The molecule has 2 nitrogen and oxygen atoms in total. The highest BCUT2D eigenvalue weighted by Gasteiger charge is 2.27. The van der Waals surface area contributed by atoms with Crippen molar-refractivity contribution in [3.05, 3.63) is 35.4 Å². The monoisotopic (exact) mass is 220 g/mol. The number of hydrogen-bond acceptors (Lipinski definition) is 2. The highest BCUT2D eigenvalue weighted by molar-refractivity contribution is 5.32. The normalized spacial score (nSPS) is 13.6. The molecule has 1 rings (SSSR count). The van der Waals surface area contributed by atoms with Gasteiger partial charge < -0.3 is 0 Å². The summed E-state index contributed by atoms with van der Waals surface area (Å²) in [4.78, 5) is 0. The smallest absolute Gasteiger partial charge is 0.126 e. The van der Waals surface area contributed by atoms with E-state index < -0.39 is 17.0 Å². The Balaban J connectivity index is 3.14. The Morgan fingerprint density at radius 1 is 1.19 bits per heavy atom. The summed E-state index contributed by atoms with van der Waals surface area (Å²) in [7, 11) is 0. The minimum absolute atomic E-state index is 0.169. The van der Waals surface area contributed by atoms with Crippen LogP contribution in [0.4, 0.5) is 8.78 Å². The Kier molecular flexibility index (Phi) is 3.58. The first-order valence-electron chi connectivity index (χ1n) is 4.76. The van der Waals surface area contributed by atoms with Gasteiger partial charge in [-0.1, -0.05) is 0 Å². The van der Waals surface area contributed by atoms with Crippen molar-refractivity contribution < 1.29 is 8.78 Å². The van der Waals surface area contributed by atoms with Crippen LogP contribution in [0.25, 0.3) is 0 Å². The van der Waals surface area contributed by atoms with Crippen LogP contribution in [-0.2, 0) is 5.41 Å². The van der Waals surface area contributed by atoms with E-state index in [-0.39, 0.29) is 18.4 Å². The summed E-state index contributed by atoms with van der Waals surface area (Å²) in [5.74, 6) is -1.43. The lowest BCUT2D eigenvalue weighted by Gasteiger charge is -2.20. The van der Waals surface area contributed by atoms with Gasteiger partial charge in [0.15, 0.2) is 0 Å².